The average molecular weight is 256 g/mol. The standard InChI is InChI=1S/C13H12N4S/c14-10(9-6-15-8-16-7-9)5-13-17-11-3-1-2-4-12(11)18-13/h1-4,6-8,10H,5,14H2. The van der Waals surface area contributed by atoms with E-state index in [0.29, 0.717) is 6.42 Å². The quantitative estimate of drug-likeness (QED) is 0.781. The zero-order chi connectivity index (χ0) is 12.4. The van der Waals surface area contributed by atoms with Crippen LogP contribution in [-0.4, -0.2) is 15.0 Å². The van der Waals surface area contributed by atoms with Gasteiger partial charge in [0, 0.05) is 30.4 Å². The molecule has 5 heteroatoms. The zero-order valence-electron chi connectivity index (χ0n) is 9.65. The summed E-state index contributed by atoms with van der Waals surface area (Å²) in [5.41, 5.74) is 8.11. The largest absolute Gasteiger partial charge is 0.324 e. The third-order valence-corrected chi connectivity index (χ3v) is 3.80. The normalized spacial score (nSPS) is 12.7. The average Bonchev–Trinajstić information content (AvgIpc) is 2.82. The van der Waals surface area contributed by atoms with Crippen LogP contribution >= 0.6 is 11.3 Å². The highest BCUT2D eigenvalue weighted by Gasteiger charge is 2.11. The summed E-state index contributed by atoms with van der Waals surface area (Å²) < 4.78 is 1.20. The fourth-order valence-corrected chi connectivity index (χ4v) is 2.84. The summed E-state index contributed by atoms with van der Waals surface area (Å²) in [7, 11) is 0. The lowest BCUT2D eigenvalue weighted by molar-refractivity contribution is 0.710. The molecule has 0 aliphatic heterocycles. The van der Waals surface area contributed by atoms with E-state index in [1.807, 2.05) is 18.2 Å². The SMILES string of the molecule is NC(Cc1nc2ccccc2s1)c1cncnc1. The molecular weight excluding hydrogens is 244 g/mol. The van der Waals surface area contributed by atoms with E-state index < -0.39 is 0 Å². The highest BCUT2D eigenvalue weighted by molar-refractivity contribution is 7.18. The minimum Gasteiger partial charge on any atom is -0.324 e. The second-order valence-electron chi connectivity index (χ2n) is 4.06. The molecule has 18 heavy (non-hydrogen) atoms. The lowest BCUT2D eigenvalue weighted by atomic mass is 10.1. The van der Waals surface area contributed by atoms with Gasteiger partial charge < -0.3 is 5.73 Å². The Kier molecular flexibility index (Phi) is 3.00. The second kappa shape index (κ2) is 4.80. The zero-order valence-corrected chi connectivity index (χ0v) is 10.5. The molecular formula is C13H12N4S. The first kappa shape index (κ1) is 11.3. The van der Waals surface area contributed by atoms with Crippen molar-refractivity contribution >= 4 is 21.6 Å². The summed E-state index contributed by atoms with van der Waals surface area (Å²) in [6, 6.07) is 8.01. The second-order valence-corrected chi connectivity index (χ2v) is 5.17. The van der Waals surface area contributed by atoms with E-state index in [1.165, 1.54) is 11.0 Å². The van der Waals surface area contributed by atoms with Crippen LogP contribution in [-0.2, 0) is 6.42 Å². The van der Waals surface area contributed by atoms with Crippen LogP contribution in [0.4, 0.5) is 0 Å². The number of aromatic nitrogens is 3. The number of hydrogen-bond donors (Lipinski definition) is 1. The molecule has 0 aliphatic carbocycles. The third-order valence-electron chi connectivity index (χ3n) is 2.74. The molecule has 3 rings (SSSR count). The van der Waals surface area contributed by atoms with Gasteiger partial charge in [-0.2, -0.15) is 0 Å². The molecule has 1 aromatic carbocycles. The van der Waals surface area contributed by atoms with Gasteiger partial charge in [0.05, 0.1) is 15.2 Å². The number of benzene rings is 1. The van der Waals surface area contributed by atoms with Crippen molar-refractivity contribution < 1.29 is 0 Å². The van der Waals surface area contributed by atoms with Crippen molar-refractivity contribution in [3.63, 3.8) is 0 Å². The minimum absolute atomic E-state index is 0.105. The number of nitrogens with zero attached hydrogens (tertiary/aromatic N) is 3. The van der Waals surface area contributed by atoms with Gasteiger partial charge in [-0.05, 0) is 12.1 Å². The lowest BCUT2D eigenvalue weighted by Crippen LogP contribution is -2.13. The van der Waals surface area contributed by atoms with E-state index in [4.69, 9.17) is 5.73 Å². The van der Waals surface area contributed by atoms with Crippen molar-refractivity contribution in [1.29, 1.82) is 0 Å². The van der Waals surface area contributed by atoms with Gasteiger partial charge in [0.15, 0.2) is 0 Å². The molecule has 0 saturated heterocycles. The third kappa shape index (κ3) is 2.23. The number of para-hydroxylation sites is 1. The fourth-order valence-electron chi connectivity index (χ4n) is 1.82. The molecule has 0 amide bonds. The Morgan fingerprint density at radius 3 is 2.72 bits per heavy atom. The summed E-state index contributed by atoms with van der Waals surface area (Å²) >= 11 is 1.69. The maximum atomic E-state index is 6.14. The molecule has 4 nitrogen and oxygen atoms in total. The van der Waals surface area contributed by atoms with E-state index in [-0.39, 0.29) is 6.04 Å². The summed E-state index contributed by atoms with van der Waals surface area (Å²) in [5, 5.41) is 1.05. The Morgan fingerprint density at radius 2 is 1.94 bits per heavy atom. The van der Waals surface area contributed by atoms with Gasteiger partial charge in [0.2, 0.25) is 0 Å². The van der Waals surface area contributed by atoms with Crippen LogP contribution in [0, 0.1) is 0 Å². The maximum absolute atomic E-state index is 6.14. The molecule has 1 atom stereocenters. The predicted octanol–water partition coefficient (Wildman–Crippen LogP) is 2.33. The van der Waals surface area contributed by atoms with Crippen molar-refractivity contribution in [2.24, 2.45) is 5.73 Å². The maximum Gasteiger partial charge on any atom is 0.115 e. The summed E-state index contributed by atoms with van der Waals surface area (Å²) in [5.74, 6) is 0. The Hall–Kier alpha value is -1.85. The smallest absolute Gasteiger partial charge is 0.115 e. The van der Waals surface area contributed by atoms with E-state index >= 15 is 0 Å². The van der Waals surface area contributed by atoms with E-state index in [1.54, 1.807) is 23.7 Å². The molecule has 2 N–H and O–H groups in total. The highest BCUT2D eigenvalue weighted by Crippen LogP contribution is 2.24. The van der Waals surface area contributed by atoms with Crippen molar-refractivity contribution in [2.45, 2.75) is 12.5 Å². The van der Waals surface area contributed by atoms with Gasteiger partial charge in [-0.25, -0.2) is 15.0 Å². The first-order valence-electron chi connectivity index (χ1n) is 5.68. The Morgan fingerprint density at radius 1 is 1.17 bits per heavy atom. The van der Waals surface area contributed by atoms with E-state index in [2.05, 4.69) is 21.0 Å². The number of rotatable bonds is 3. The van der Waals surface area contributed by atoms with Crippen LogP contribution in [0.15, 0.2) is 43.0 Å². The van der Waals surface area contributed by atoms with Crippen LogP contribution in [0.5, 0.6) is 0 Å². The van der Waals surface area contributed by atoms with Crippen molar-refractivity contribution in [3.05, 3.63) is 53.6 Å². The molecule has 0 fully saturated rings. The molecule has 90 valence electrons. The predicted molar refractivity (Wildman–Crippen MR) is 72.3 cm³/mol. The molecule has 0 spiro atoms. The van der Waals surface area contributed by atoms with Gasteiger partial charge in [0.1, 0.15) is 6.33 Å². The Labute approximate surface area is 109 Å². The number of fused-ring (bicyclic) bond motifs is 1. The first-order valence-corrected chi connectivity index (χ1v) is 6.49. The molecule has 0 bridgehead atoms. The van der Waals surface area contributed by atoms with Gasteiger partial charge in [0.25, 0.3) is 0 Å². The minimum atomic E-state index is -0.105. The molecule has 2 aromatic heterocycles. The fraction of sp³-hybridized carbons (Fsp3) is 0.154. The highest BCUT2D eigenvalue weighted by atomic mass is 32.1. The molecule has 3 aromatic rings. The topological polar surface area (TPSA) is 64.7 Å². The van der Waals surface area contributed by atoms with E-state index in [9.17, 15) is 0 Å². The Bertz CT molecular complexity index is 617. The molecule has 2 heterocycles. The number of nitrogens with two attached hydrogens (primary N) is 1. The molecule has 0 saturated carbocycles. The van der Waals surface area contributed by atoms with Gasteiger partial charge >= 0.3 is 0 Å². The molecule has 0 aliphatic rings. The first-order chi connectivity index (χ1) is 8.83. The van der Waals surface area contributed by atoms with Crippen LogP contribution in [0.3, 0.4) is 0 Å². The van der Waals surface area contributed by atoms with E-state index in [0.717, 1.165) is 16.1 Å². The van der Waals surface area contributed by atoms with Crippen molar-refractivity contribution in [2.75, 3.05) is 0 Å². The molecule has 0 radical (unpaired) electrons. The van der Waals surface area contributed by atoms with Crippen molar-refractivity contribution in [3.8, 4) is 0 Å². The van der Waals surface area contributed by atoms with Gasteiger partial charge in [-0.3, -0.25) is 0 Å². The van der Waals surface area contributed by atoms with Crippen LogP contribution in [0.25, 0.3) is 10.2 Å². The van der Waals surface area contributed by atoms with Gasteiger partial charge in [-0.1, -0.05) is 12.1 Å². The summed E-state index contributed by atoms with van der Waals surface area (Å²) in [4.78, 5) is 12.5. The van der Waals surface area contributed by atoms with Crippen LogP contribution < -0.4 is 5.73 Å². The van der Waals surface area contributed by atoms with Crippen LogP contribution in [0.2, 0.25) is 0 Å². The summed E-state index contributed by atoms with van der Waals surface area (Å²) in [6.45, 7) is 0. The lowest BCUT2D eigenvalue weighted by Gasteiger charge is -2.08. The van der Waals surface area contributed by atoms with Crippen molar-refractivity contribution in [1.82, 2.24) is 15.0 Å². The summed E-state index contributed by atoms with van der Waals surface area (Å²) in [6.07, 6.45) is 5.73. The molecule has 1 unspecified atom stereocenters. The Balaban J connectivity index is 1.84. The van der Waals surface area contributed by atoms with Crippen LogP contribution in [0.1, 0.15) is 16.6 Å². The number of thiazole rings is 1. The van der Waals surface area contributed by atoms with Gasteiger partial charge in [-0.15, -0.1) is 11.3 Å². The monoisotopic (exact) mass is 256 g/mol. The number of hydrogen-bond acceptors (Lipinski definition) is 5.